The van der Waals surface area contributed by atoms with Crippen LogP contribution < -0.4 is 0 Å². The number of ether oxygens (including phenoxy) is 1. The topological polar surface area (TPSA) is 49.8 Å². The third-order valence-corrected chi connectivity index (χ3v) is 3.70. The molecule has 0 aromatic heterocycles. The van der Waals surface area contributed by atoms with Gasteiger partial charge in [-0.2, -0.15) is 0 Å². The zero-order valence-corrected chi connectivity index (χ0v) is 11.5. The number of esters is 1. The van der Waals surface area contributed by atoms with Crippen molar-refractivity contribution >= 4 is 5.97 Å². The van der Waals surface area contributed by atoms with Crippen molar-refractivity contribution in [2.75, 3.05) is 26.7 Å². The predicted molar refractivity (Wildman–Crippen MR) is 72.9 cm³/mol. The second kappa shape index (κ2) is 5.72. The highest BCUT2D eigenvalue weighted by atomic mass is 16.5. The molecule has 2 unspecified atom stereocenters. The van der Waals surface area contributed by atoms with Gasteiger partial charge in [-0.3, -0.25) is 4.90 Å². The molecule has 1 aromatic rings. The van der Waals surface area contributed by atoms with Crippen molar-refractivity contribution in [1.29, 1.82) is 0 Å². The average Bonchev–Trinajstić information content (AvgIpc) is 2.86. The molecule has 0 spiro atoms. The highest BCUT2D eigenvalue weighted by Gasteiger charge is 2.36. The van der Waals surface area contributed by atoms with E-state index in [2.05, 4.69) is 21.8 Å². The molecular formula is C15H21NO3. The zero-order valence-electron chi connectivity index (χ0n) is 11.5. The van der Waals surface area contributed by atoms with Crippen molar-refractivity contribution in [1.82, 2.24) is 4.90 Å². The van der Waals surface area contributed by atoms with E-state index in [9.17, 15) is 9.90 Å². The fourth-order valence-corrected chi connectivity index (χ4v) is 2.69. The van der Waals surface area contributed by atoms with Gasteiger partial charge in [0.1, 0.15) is 0 Å². The molecule has 1 aliphatic heterocycles. The third-order valence-electron chi connectivity index (χ3n) is 3.70. The number of hydrogen-bond acceptors (Lipinski definition) is 4. The quantitative estimate of drug-likeness (QED) is 0.834. The SMILES string of the molecule is COC(=O)C(C)(O)CN1CCC(c2ccccc2)C1. The minimum absolute atomic E-state index is 0.322. The lowest BCUT2D eigenvalue weighted by Crippen LogP contribution is -2.46. The van der Waals surface area contributed by atoms with Crippen molar-refractivity contribution in [3.8, 4) is 0 Å². The molecule has 1 aliphatic rings. The molecule has 0 bridgehead atoms. The summed E-state index contributed by atoms with van der Waals surface area (Å²) >= 11 is 0. The van der Waals surface area contributed by atoms with Crippen LogP contribution >= 0.6 is 0 Å². The van der Waals surface area contributed by atoms with Gasteiger partial charge in [-0.25, -0.2) is 4.79 Å². The van der Waals surface area contributed by atoms with Crippen LogP contribution in [0.1, 0.15) is 24.8 Å². The van der Waals surface area contributed by atoms with Crippen molar-refractivity contribution in [2.24, 2.45) is 0 Å². The summed E-state index contributed by atoms with van der Waals surface area (Å²) in [6.45, 7) is 3.60. The Kier molecular flexibility index (Phi) is 4.22. The molecule has 0 saturated carbocycles. The van der Waals surface area contributed by atoms with Crippen LogP contribution in [0.2, 0.25) is 0 Å². The van der Waals surface area contributed by atoms with Gasteiger partial charge in [0.2, 0.25) is 0 Å². The van der Waals surface area contributed by atoms with Gasteiger partial charge in [0, 0.05) is 13.1 Å². The fraction of sp³-hybridized carbons (Fsp3) is 0.533. The van der Waals surface area contributed by atoms with Crippen molar-refractivity contribution < 1.29 is 14.6 Å². The second-order valence-corrected chi connectivity index (χ2v) is 5.40. The van der Waals surface area contributed by atoms with Gasteiger partial charge in [0.05, 0.1) is 7.11 Å². The molecule has 2 atom stereocenters. The van der Waals surface area contributed by atoms with E-state index >= 15 is 0 Å². The summed E-state index contributed by atoms with van der Waals surface area (Å²) in [7, 11) is 1.30. The highest BCUT2D eigenvalue weighted by Crippen LogP contribution is 2.27. The Labute approximate surface area is 114 Å². The van der Waals surface area contributed by atoms with Gasteiger partial charge in [-0.15, -0.1) is 0 Å². The lowest BCUT2D eigenvalue weighted by Gasteiger charge is -2.26. The number of nitrogens with zero attached hydrogens (tertiary/aromatic N) is 1. The molecule has 1 aromatic carbocycles. The van der Waals surface area contributed by atoms with E-state index < -0.39 is 11.6 Å². The van der Waals surface area contributed by atoms with Crippen LogP contribution in [0.3, 0.4) is 0 Å². The van der Waals surface area contributed by atoms with E-state index in [1.54, 1.807) is 0 Å². The van der Waals surface area contributed by atoms with E-state index in [4.69, 9.17) is 0 Å². The van der Waals surface area contributed by atoms with Crippen molar-refractivity contribution in [3.63, 3.8) is 0 Å². The van der Waals surface area contributed by atoms with E-state index in [1.807, 2.05) is 18.2 Å². The smallest absolute Gasteiger partial charge is 0.338 e. The van der Waals surface area contributed by atoms with Gasteiger partial charge in [0.25, 0.3) is 0 Å². The van der Waals surface area contributed by atoms with Crippen LogP contribution in [0.15, 0.2) is 30.3 Å². The normalized spacial score (nSPS) is 23.0. The number of β-amino-alcohol motifs (C(OH)–C–C–N with tert-alkyl or cyclic N) is 1. The summed E-state index contributed by atoms with van der Waals surface area (Å²) in [5.74, 6) is -0.0923. The lowest BCUT2D eigenvalue weighted by atomic mass is 9.99. The molecule has 0 amide bonds. The number of likely N-dealkylation sites (tertiary alicyclic amines) is 1. The number of carbonyl (C=O) groups is 1. The Morgan fingerprint density at radius 1 is 1.47 bits per heavy atom. The molecule has 0 aliphatic carbocycles. The standard InChI is InChI=1S/C15H21NO3/c1-15(18,14(17)19-2)11-16-9-8-13(10-16)12-6-4-3-5-7-12/h3-7,13,18H,8-11H2,1-2H3. The maximum atomic E-state index is 11.5. The maximum Gasteiger partial charge on any atom is 0.338 e. The molecular weight excluding hydrogens is 242 g/mol. The summed E-state index contributed by atoms with van der Waals surface area (Å²) < 4.78 is 4.62. The van der Waals surface area contributed by atoms with Crippen LogP contribution in [-0.2, 0) is 9.53 Å². The highest BCUT2D eigenvalue weighted by molar-refractivity contribution is 5.78. The number of carbonyl (C=O) groups excluding carboxylic acids is 1. The van der Waals surface area contributed by atoms with Crippen LogP contribution in [0.5, 0.6) is 0 Å². The second-order valence-electron chi connectivity index (χ2n) is 5.40. The zero-order chi connectivity index (χ0) is 13.9. The van der Waals surface area contributed by atoms with Gasteiger partial charge in [-0.05, 0) is 31.4 Å². The first kappa shape index (κ1) is 14.0. The number of methoxy groups -OCH3 is 1. The fourth-order valence-electron chi connectivity index (χ4n) is 2.69. The van der Waals surface area contributed by atoms with Gasteiger partial charge >= 0.3 is 5.97 Å². The average molecular weight is 263 g/mol. The summed E-state index contributed by atoms with van der Waals surface area (Å²) in [6.07, 6.45) is 1.06. The Hall–Kier alpha value is -1.39. The monoisotopic (exact) mass is 263 g/mol. The first-order valence-corrected chi connectivity index (χ1v) is 6.61. The molecule has 2 rings (SSSR count). The maximum absolute atomic E-state index is 11.5. The predicted octanol–water partition coefficient (Wildman–Crippen LogP) is 1.40. The number of aliphatic hydroxyl groups is 1. The molecule has 1 saturated heterocycles. The van der Waals surface area contributed by atoms with Crippen LogP contribution in [-0.4, -0.2) is 48.3 Å². The molecule has 1 heterocycles. The minimum atomic E-state index is -1.43. The van der Waals surface area contributed by atoms with E-state index in [-0.39, 0.29) is 0 Å². The van der Waals surface area contributed by atoms with Gasteiger partial charge in [-0.1, -0.05) is 30.3 Å². The first-order chi connectivity index (χ1) is 9.03. The van der Waals surface area contributed by atoms with Crippen LogP contribution in [0.4, 0.5) is 0 Å². The largest absolute Gasteiger partial charge is 0.467 e. The molecule has 4 heteroatoms. The molecule has 104 valence electrons. The van der Waals surface area contributed by atoms with E-state index in [0.717, 1.165) is 19.5 Å². The first-order valence-electron chi connectivity index (χ1n) is 6.61. The van der Waals surface area contributed by atoms with Crippen LogP contribution in [0, 0.1) is 0 Å². The summed E-state index contributed by atoms with van der Waals surface area (Å²) in [5.41, 5.74) is -0.108. The van der Waals surface area contributed by atoms with Gasteiger partial charge < -0.3 is 9.84 Å². The Balaban J connectivity index is 1.94. The summed E-state index contributed by atoms with van der Waals surface area (Å²) in [4.78, 5) is 13.6. The Morgan fingerprint density at radius 3 is 2.79 bits per heavy atom. The van der Waals surface area contributed by atoms with Gasteiger partial charge in [0.15, 0.2) is 5.60 Å². The summed E-state index contributed by atoms with van der Waals surface area (Å²) in [6, 6.07) is 10.4. The minimum Gasteiger partial charge on any atom is -0.467 e. The molecule has 4 nitrogen and oxygen atoms in total. The summed E-state index contributed by atoms with van der Waals surface area (Å²) in [5, 5.41) is 10.1. The number of benzene rings is 1. The Bertz CT molecular complexity index is 430. The molecule has 1 N–H and O–H groups in total. The third kappa shape index (κ3) is 3.33. The van der Waals surface area contributed by atoms with Crippen LogP contribution in [0.25, 0.3) is 0 Å². The Morgan fingerprint density at radius 2 is 2.16 bits per heavy atom. The number of hydrogen-bond donors (Lipinski definition) is 1. The van der Waals surface area contributed by atoms with Crippen molar-refractivity contribution in [2.45, 2.75) is 24.9 Å². The number of rotatable bonds is 4. The molecule has 1 fully saturated rings. The molecule has 0 radical (unpaired) electrons. The molecule has 19 heavy (non-hydrogen) atoms. The van der Waals surface area contributed by atoms with Crippen molar-refractivity contribution in [3.05, 3.63) is 35.9 Å². The van der Waals surface area contributed by atoms with E-state index in [0.29, 0.717) is 12.5 Å². The van der Waals surface area contributed by atoms with E-state index in [1.165, 1.54) is 19.6 Å². The lowest BCUT2D eigenvalue weighted by molar-refractivity contribution is -0.162.